The molecule has 44 heavy (non-hydrogen) atoms. The van der Waals surface area contributed by atoms with Crippen molar-refractivity contribution in [3.63, 3.8) is 0 Å². The van der Waals surface area contributed by atoms with Crippen LogP contribution in [0.1, 0.15) is 38.2 Å². The number of carboxylic acid groups (broad SMARTS) is 1. The average molecular weight is 630 g/mol. The molecule has 15 heteroatoms. The molecule has 1 aromatic heterocycles. The van der Waals surface area contributed by atoms with Crippen LogP contribution in [0.25, 0.3) is 10.9 Å². The number of nitrogens with two attached hydrogens (primary N) is 1. The maximum Gasteiger partial charge on any atom is 0.326 e. The Labute approximate surface area is 259 Å². The van der Waals surface area contributed by atoms with E-state index in [-0.39, 0.29) is 18.7 Å². The highest BCUT2D eigenvalue weighted by Crippen LogP contribution is 2.21. The molecule has 0 aliphatic carbocycles. The van der Waals surface area contributed by atoms with Crippen LogP contribution in [0.4, 0.5) is 0 Å². The van der Waals surface area contributed by atoms with Gasteiger partial charge in [-0.2, -0.15) is 12.6 Å². The molecule has 2 saturated heterocycles. The van der Waals surface area contributed by atoms with Gasteiger partial charge in [0.1, 0.15) is 24.2 Å². The second kappa shape index (κ2) is 14.6. The van der Waals surface area contributed by atoms with E-state index in [1.807, 2.05) is 24.3 Å². The number of likely N-dealkylation sites (tertiary alicyclic amines) is 2. The molecule has 3 heterocycles. The number of nitrogens with zero attached hydrogens (tertiary/aromatic N) is 2. The van der Waals surface area contributed by atoms with Gasteiger partial charge in [-0.1, -0.05) is 18.2 Å². The molecule has 0 radical (unpaired) electrons. The first-order valence-electron chi connectivity index (χ1n) is 14.6. The van der Waals surface area contributed by atoms with Crippen LogP contribution < -0.4 is 21.7 Å². The van der Waals surface area contributed by atoms with E-state index in [1.165, 1.54) is 16.7 Å². The zero-order valence-corrected chi connectivity index (χ0v) is 25.3. The van der Waals surface area contributed by atoms with E-state index in [4.69, 9.17) is 5.73 Å². The number of hydrogen-bond donors (Lipinski definition) is 7. The smallest absolute Gasteiger partial charge is 0.326 e. The predicted octanol–water partition coefficient (Wildman–Crippen LogP) is -0.860. The standard InChI is InChI=1S/C29H39N7O7S/c1-16(25(38)32-14-24(37)35-10-5-9-23(35)29(42)43)33-27(40)22-8-4-11-36(22)28(41)21(15-44)34-26(39)19(30)12-17-13-31-20-7-3-2-6-18(17)20/h2-3,6-7,13,16,19,21-23,31,44H,4-5,8-12,14-15,30H2,1H3,(H,32,38)(H,33,40)(H,34,39)(H,42,43)/t16-,19-,21-,22-,23-/m0/s1. The van der Waals surface area contributed by atoms with Crippen LogP contribution in [0.3, 0.4) is 0 Å². The van der Waals surface area contributed by atoms with Crippen LogP contribution in [0, 0.1) is 0 Å². The Kier molecular flexibility index (Phi) is 10.9. The largest absolute Gasteiger partial charge is 0.480 e. The summed E-state index contributed by atoms with van der Waals surface area (Å²) in [5.74, 6) is -3.80. The van der Waals surface area contributed by atoms with Crippen LogP contribution in [0.5, 0.6) is 0 Å². The average Bonchev–Trinajstić information content (AvgIpc) is 3.78. The summed E-state index contributed by atoms with van der Waals surface area (Å²) in [6, 6.07) is 2.91. The molecule has 2 aliphatic heterocycles. The van der Waals surface area contributed by atoms with Crippen molar-refractivity contribution in [2.45, 2.75) is 69.2 Å². The van der Waals surface area contributed by atoms with Gasteiger partial charge in [-0.3, -0.25) is 24.0 Å². The molecule has 2 aromatic rings. The monoisotopic (exact) mass is 629 g/mol. The highest BCUT2D eigenvalue weighted by Gasteiger charge is 2.39. The van der Waals surface area contributed by atoms with E-state index in [0.29, 0.717) is 32.2 Å². The molecule has 5 amide bonds. The Morgan fingerprint density at radius 1 is 1.02 bits per heavy atom. The summed E-state index contributed by atoms with van der Waals surface area (Å²) in [4.78, 5) is 81.6. The number of aromatic nitrogens is 1. The fourth-order valence-electron chi connectivity index (χ4n) is 5.71. The van der Waals surface area contributed by atoms with Gasteiger partial charge in [0.2, 0.25) is 29.5 Å². The molecular weight excluding hydrogens is 590 g/mol. The number of carboxylic acids is 1. The molecule has 7 N–H and O–H groups in total. The normalized spacial score (nSPS) is 20.2. The lowest BCUT2D eigenvalue weighted by Crippen LogP contribution is -2.58. The van der Waals surface area contributed by atoms with Crippen LogP contribution in [0.15, 0.2) is 30.5 Å². The van der Waals surface area contributed by atoms with Crippen LogP contribution >= 0.6 is 12.6 Å². The lowest BCUT2D eigenvalue weighted by Gasteiger charge is -2.29. The predicted molar refractivity (Wildman–Crippen MR) is 163 cm³/mol. The van der Waals surface area contributed by atoms with Gasteiger partial charge in [0.15, 0.2) is 0 Å². The molecule has 5 atom stereocenters. The van der Waals surface area contributed by atoms with Crippen LogP contribution in [0.2, 0.25) is 0 Å². The summed E-state index contributed by atoms with van der Waals surface area (Å²) in [6.45, 7) is 1.63. The number of rotatable bonds is 12. The van der Waals surface area contributed by atoms with E-state index in [2.05, 4.69) is 33.6 Å². The molecule has 0 spiro atoms. The van der Waals surface area contributed by atoms with Crippen molar-refractivity contribution in [1.29, 1.82) is 0 Å². The molecule has 4 rings (SSSR count). The highest BCUT2D eigenvalue weighted by atomic mass is 32.1. The zero-order chi connectivity index (χ0) is 32.0. The third-order valence-corrected chi connectivity index (χ3v) is 8.48. The first-order valence-corrected chi connectivity index (χ1v) is 15.3. The van der Waals surface area contributed by atoms with Gasteiger partial charge in [0, 0.05) is 35.9 Å². The van der Waals surface area contributed by atoms with Crippen LogP contribution in [-0.2, 0) is 35.2 Å². The second-order valence-electron chi connectivity index (χ2n) is 11.1. The van der Waals surface area contributed by atoms with E-state index in [0.717, 1.165) is 16.5 Å². The Morgan fingerprint density at radius 2 is 1.70 bits per heavy atom. The van der Waals surface area contributed by atoms with E-state index in [1.54, 1.807) is 6.20 Å². The number of hydrogen-bond acceptors (Lipinski definition) is 8. The second-order valence-corrected chi connectivity index (χ2v) is 11.5. The zero-order valence-electron chi connectivity index (χ0n) is 24.5. The Hall–Kier alpha value is -4.11. The number of thiol groups is 1. The number of nitrogens with one attached hydrogen (secondary N) is 4. The number of aromatic amines is 1. The third kappa shape index (κ3) is 7.50. The fourth-order valence-corrected chi connectivity index (χ4v) is 5.96. The lowest BCUT2D eigenvalue weighted by atomic mass is 10.0. The topological polar surface area (TPSA) is 207 Å². The molecule has 2 aliphatic rings. The van der Waals surface area contributed by atoms with Gasteiger partial charge < -0.3 is 41.6 Å². The maximum atomic E-state index is 13.4. The lowest BCUT2D eigenvalue weighted by molar-refractivity contribution is -0.148. The fraction of sp³-hybridized carbons (Fsp3) is 0.517. The minimum Gasteiger partial charge on any atom is -0.480 e. The molecule has 1 aromatic carbocycles. The maximum absolute atomic E-state index is 13.4. The Bertz CT molecular complexity index is 1420. The number of benzene rings is 1. The van der Waals surface area contributed by atoms with Gasteiger partial charge >= 0.3 is 5.97 Å². The van der Waals surface area contributed by atoms with Crippen molar-refractivity contribution in [3.05, 3.63) is 36.0 Å². The van der Waals surface area contributed by atoms with Crippen molar-refractivity contribution < 1.29 is 33.9 Å². The Morgan fingerprint density at radius 3 is 2.41 bits per heavy atom. The molecule has 14 nitrogen and oxygen atoms in total. The summed E-state index contributed by atoms with van der Waals surface area (Å²) < 4.78 is 0. The van der Waals surface area contributed by atoms with Gasteiger partial charge in [0.05, 0.1) is 12.6 Å². The number of fused-ring (bicyclic) bond motifs is 1. The minimum absolute atomic E-state index is 0.0121. The molecule has 0 saturated carbocycles. The number of H-pyrrole nitrogens is 1. The van der Waals surface area contributed by atoms with Crippen molar-refractivity contribution >= 4 is 59.0 Å². The molecular formula is C29H39N7O7S. The first-order chi connectivity index (χ1) is 21.0. The quantitative estimate of drug-likeness (QED) is 0.147. The number of para-hydroxylation sites is 1. The summed E-state index contributed by atoms with van der Waals surface area (Å²) in [5, 5.41) is 17.9. The Balaban J connectivity index is 1.28. The van der Waals surface area contributed by atoms with Crippen molar-refractivity contribution in [2.24, 2.45) is 5.73 Å². The molecule has 0 unspecified atom stereocenters. The van der Waals surface area contributed by atoms with Gasteiger partial charge in [0.25, 0.3) is 0 Å². The number of aliphatic carboxylic acids is 1. The SMILES string of the molecule is C[C@H](NC(=O)[C@@H]1CCCN1C(=O)[C@H](CS)NC(=O)[C@@H](N)Cc1c[nH]c2ccccc12)C(=O)NCC(=O)N1CCC[C@H]1C(=O)O. The summed E-state index contributed by atoms with van der Waals surface area (Å²) in [5.41, 5.74) is 7.98. The van der Waals surface area contributed by atoms with Crippen LogP contribution in [-0.4, -0.2) is 111 Å². The van der Waals surface area contributed by atoms with E-state index >= 15 is 0 Å². The van der Waals surface area contributed by atoms with E-state index in [9.17, 15) is 33.9 Å². The van der Waals surface area contributed by atoms with Crippen molar-refractivity contribution in [2.75, 3.05) is 25.4 Å². The van der Waals surface area contributed by atoms with Crippen molar-refractivity contribution in [3.8, 4) is 0 Å². The molecule has 0 bridgehead atoms. The van der Waals surface area contributed by atoms with Gasteiger partial charge in [-0.15, -0.1) is 0 Å². The number of amides is 5. The van der Waals surface area contributed by atoms with Crippen molar-refractivity contribution in [1.82, 2.24) is 30.7 Å². The highest BCUT2D eigenvalue weighted by molar-refractivity contribution is 7.80. The summed E-state index contributed by atoms with van der Waals surface area (Å²) in [7, 11) is 0. The third-order valence-electron chi connectivity index (χ3n) is 8.11. The van der Waals surface area contributed by atoms with Gasteiger partial charge in [-0.25, -0.2) is 4.79 Å². The summed E-state index contributed by atoms with van der Waals surface area (Å²) >= 11 is 4.26. The van der Waals surface area contributed by atoms with Gasteiger partial charge in [-0.05, 0) is 50.7 Å². The first kappa shape index (κ1) is 32.8. The minimum atomic E-state index is -1.09. The number of carbonyl (C=O) groups is 6. The molecule has 238 valence electrons. The number of carbonyl (C=O) groups excluding carboxylic acids is 5. The molecule has 2 fully saturated rings. The summed E-state index contributed by atoms with van der Waals surface area (Å²) in [6.07, 6.45) is 3.88. The van der Waals surface area contributed by atoms with E-state index < -0.39 is 72.3 Å².